The zero-order chi connectivity index (χ0) is 15.5. The SMILES string of the molecule is Cc1cccc(-c2noc(COc3ccc(Br)cc3C)n2)c1. The predicted octanol–water partition coefficient (Wildman–Crippen LogP) is 4.69. The van der Waals surface area contributed by atoms with Crippen LogP contribution >= 0.6 is 15.9 Å². The lowest BCUT2D eigenvalue weighted by Crippen LogP contribution is -1.97. The van der Waals surface area contributed by atoms with Crippen LogP contribution in [0.5, 0.6) is 5.75 Å². The van der Waals surface area contributed by atoms with Crippen LogP contribution in [0.2, 0.25) is 0 Å². The van der Waals surface area contributed by atoms with Crippen LogP contribution in [0.1, 0.15) is 17.0 Å². The summed E-state index contributed by atoms with van der Waals surface area (Å²) >= 11 is 3.43. The van der Waals surface area contributed by atoms with Gasteiger partial charge in [-0.1, -0.05) is 44.8 Å². The fraction of sp³-hybridized carbons (Fsp3) is 0.176. The molecule has 112 valence electrons. The van der Waals surface area contributed by atoms with Gasteiger partial charge in [-0.15, -0.1) is 0 Å². The van der Waals surface area contributed by atoms with Crippen molar-refractivity contribution in [2.75, 3.05) is 0 Å². The van der Waals surface area contributed by atoms with Crippen molar-refractivity contribution < 1.29 is 9.26 Å². The van der Waals surface area contributed by atoms with Gasteiger partial charge < -0.3 is 9.26 Å². The Bertz CT molecular complexity index is 799. The average Bonchev–Trinajstić information content (AvgIpc) is 2.95. The normalized spacial score (nSPS) is 10.7. The minimum atomic E-state index is 0.251. The maximum atomic E-state index is 5.73. The van der Waals surface area contributed by atoms with Crippen molar-refractivity contribution in [3.05, 3.63) is 64.0 Å². The molecular formula is C17H15BrN2O2. The van der Waals surface area contributed by atoms with E-state index in [0.29, 0.717) is 11.7 Å². The molecule has 0 saturated carbocycles. The van der Waals surface area contributed by atoms with Crippen LogP contribution in [0, 0.1) is 13.8 Å². The largest absolute Gasteiger partial charge is 0.483 e. The van der Waals surface area contributed by atoms with Gasteiger partial charge in [0.2, 0.25) is 5.82 Å². The summed E-state index contributed by atoms with van der Waals surface area (Å²) in [5.74, 6) is 1.84. The number of hydrogen-bond donors (Lipinski definition) is 0. The van der Waals surface area contributed by atoms with Crippen molar-refractivity contribution in [3.63, 3.8) is 0 Å². The van der Waals surface area contributed by atoms with Gasteiger partial charge in [0.15, 0.2) is 6.61 Å². The Balaban J connectivity index is 1.72. The number of aryl methyl sites for hydroxylation is 2. The topological polar surface area (TPSA) is 48.2 Å². The van der Waals surface area contributed by atoms with E-state index in [1.807, 2.05) is 56.3 Å². The smallest absolute Gasteiger partial charge is 0.264 e. The second-order valence-electron chi connectivity index (χ2n) is 5.08. The molecule has 3 rings (SSSR count). The van der Waals surface area contributed by atoms with Crippen molar-refractivity contribution in [2.24, 2.45) is 0 Å². The van der Waals surface area contributed by atoms with Gasteiger partial charge in [0, 0.05) is 10.0 Å². The Hall–Kier alpha value is -2.14. The molecule has 3 aromatic rings. The molecule has 1 heterocycles. The number of nitrogens with zero attached hydrogens (tertiary/aromatic N) is 2. The summed E-state index contributed by atoms with van der Waals surface area (Å²) in [7, 11) is 0. The van der Waals surface area contributed by atoms with Gasteiger partial charge in [-0.3, -0.25) is 0 Å². The van der Waals surface area contributed by atoms with Crippen LogP contribution < -0.4 is 4.74 Å². The Labute approximate surface area is 137 Å². The first-order chi connectivity index (χ1) is 10.6. The van der Waals surface area contributed by atoms with E-state index in [-0.39, 0.29) is 6.61 Å². The summed E-state index contributed by atoms with van der Waals surface area (Å²) in [5, 5.41) is 4.00. The van der Waals surface area contributed by atoms with Crippen molar-refractivity contribution in [1.29, 1.82) is 0 Å². The molecule has 0 amide bonds. The van der Waals surface area contributed by atoms with Crippen LogP contribution in [0.3, 0.4) is 0 Å². The molecule has 0 radical (unpaired) electrons. The van der Waals surface area contributed by atoms with Gasteiger partial charge in [-0.2, -0.15) is 4.98 Å². The quantitative estimate of drug-likeness (QED) is 0.678. The summed E-state index contributed by atoms with van der Waals surface area (Å²) in [4.78, 5) is 4.37. The molecular weight excluding hydrogens is 344 g/mol. The van der Waals surface area contributed by atoms with Gasteiger partial charge in [0.25, 0.3) is 5.89 Å². The molecule has 0 spiro atoms. The average molecular weight is 359 g/mol. The van der Waals surface area contributed by atoms with Gasteiger partial charge in [0.05, 0.1) is 0 Å². The Kier molecular flexibility index (Phi) is 4.24. The van der Waals surface area contributed by atoms with Crippen LogP contribution in [0.4, 0.5) is 0 Å². The fourth-order valence-electron chi connectivity index (χ4n) is 2.13. The maximum absolute atomic E-state index is 5.73. The summed E-state index contributed by atoms with van der Waals surface area (Å²) < 4.78 is 12.0. The van der Waals surface area contributed by atoms with Crippen LogP contribution in [0.25, 0.3) is 11.4 Å². The number of ether oxygens (including phenoxy) is 1. The minimum absolute atomic E-state index is 0.251. The third-order valence-corrected chi connectivity index (χ3v) is 3.73. The molecule has 5 heteroatoms. The van der Waals surface area contributed by atoms with E-state index in [0.717, 1.165) is 26.9 Å². The summed E-state index contributed by atoms with van der Waals surface area (Å²) in [5.41, 5.74) is 3.15. The van der Waals surface area contributed by atoms with E-state index in [9.17, 15) is 0 Å². The molecule has 0 atom stereocenters. The summed E-state index contributed by atoms with van der Waals surface area (Å²) in [6.07, 6.45) is 0. The van der Waals surface area contributed by atoms with Crippen LogP contribution in [-0.4, -0.2) is 10.1 Å². The van der Waals surface area contributed by atoms with E-state index in [1.54, 1.807) is 0 Å². The van der Waals surface area contributed by atoms with E-state index < -0.39 is 0 Å². The number of rotatable bonds is 4. The van der Waals surface area contributed by atoms with Crippen LogP contribution in [0.15, 0.2) is 51.5 Å². The first-order valence-corrected chi connectivity index (χ1v) is 7.70. The molecule has 0 aliphatic heterocycles. The maximum Gasteiger partial charge on any atom is 0.264 e. The Morgan fingerprint density at radius 1 is 1.14 bits per heavy atom. The standard InChI is InChI=1S/C17H15BrN2O2/c1-11-4-3-5-13(8-11)17-19-16(22-20-17)10-21-15-7-6-14(18)9-12(15)2/h3-9H,10H2,1-2H3. The molecule has 22 heavy (non-hydrogen) atoms. The molecule has 0 bridgehead atoms. The van der Waals surface area contributed by atoms with E-state index in [1.165, 1.54) is 0 Å². The third kappa shape index (κ3) is 3.36. The van der Waals surface area contributed by atoms with Gasteiger partial charge in [-0.25, -0.2) is 0 Å². The lowest BCUT2D eigenvalue weighted by molar-refractivity contribution is 0.241. The lowest BCUT2D eigenvalue weighted by Gasteiger charge is -2.06. The first-order valence-electron chi connectivity index (χ1n) is 6.90. The van der Waals surface area contributed by atoms with Crippen molar-refractivity contribution in [1.82, 2.24) is 10.1 Å². The third-order valence-electron chi connectivity index (χ3n) is 3.23. The zero-order valence-electron chi connectivity index (χ0n) is 12.3. The number of halogens is 1. The summed E-state index contributed by atoms with van der Waals surface area (Å²) in [6.45, 7) is 4.28. The predicted molar refractivity (Wildman–Crippen MR) is 87.7 cm³/mol. The first kappa shape index (κ1) is 14.8. The molecule has 0 unspecified atom stereocenters. The molecule has 0 aliphatic rings. The highest BCUT2D eigenvalue weighted by Crippen LogP contribution is 2.23. The summed E-state index contributed by atoms with van der Waals surface area (Å²) in [6, 6.07) is 13.8. The molecule has 4 nitrogen and oxygen atoms in total. The van der Waals surface area contributed by atoms with Crippen molar-refractivity contribution in [3.8, 4) is 17.1 Å². The Morgan fingerprint density at radius 2 is 2.00 bits per heavy atom. The molecule has 1 aromatic heterocycles. The number of benzene rings is 2. The molecule has 0 aliphatic carbocycles. The second-order valence-corrected chi connectivity index (χ2v) is 6.00. The molecule has 0 fully saturated rings. The van der Waals surface area contributed by atoms with E-state index in [2.05, 4.69) is 26.1 Å². The second kappa shape index (κ2) is 6.32. The zero-order valence-corrected chi connectivity index (χ0v) is 13.9. The highest BCUT2D eigenvalue weighted by molar-refractivity contribution is 9.10. The number of hydrogen-bond acceptors (Lipinski definition) is 4. The molecule has 2 aromatic carbocycles. The molecule has 0 saturated heterocycles. The van der Waals surface area contributed by atoms with Crippen molar-refractivity contribution >= 4 is 15.9 Å². The van der Waals surface area contributed by atoms with Crippen LogP contribution in [-0.2, 0) is 6.61 Å². The van der Waals surface area contributed by atoms with E-state index >= 15 is 0 Å². The van der Waals surface area contributed by atoms with Gasteiger partial charge in [0.1, 0.15) is 5.75 Å². The fourth-order valence-corrected chi connectivity index (χ4v) is 2.60. The van der Waals surface area contributed by atoms with Gasteiger partial charge >= 0.3 is 0 Å². The highest BCUT2D eigenvalue weighted by atomic mass is 79.9. The lowest BCUT2D eigenvalue weighted by atomic mass is 10.1. The minimum Gasteiger partial charge on any atom is -0.483 e. The van der Waals surface area contributed by atoms with Gasteiger partial charge in [-0.05, 0) is 43.7 Å². The number of aromatic nitrogens is 2. The van der Waals surface area contributed by atoms with E-state index in [4.69, 9.17) is 9.26 Å². The molecule has 0 N–H and O–H groups in total. The Morgan fingerprint density at radius 3 is 2.77 bits per heavy atom. The highest BCUT2D eigenvalue weighted by Gasteiger charge is 2.10. The van der Waals surface area contributed by atoms with Crippen molar-refractivity contribution in [2.45, 2.75) is 20.5 Å². The monoisotopic (exact) mass is 358 g/mol.